The number of rotatable bonds is 72. The molecule has 3 N–H and O–H groups in total. The Morgan fingerprint density at radius 2 is 0.554 bits per heavy atom. The Morgan fingerprint density at radius 1 is 0.315 bits per heavy atom. The third-order valence-electron chi connectivity index (χ3n) is 17.3. The number of unbranched alkanes of at least 4 members (excludes halogenated alkanes) is 41. The molecule has 17 nitrogen and oxygen atoms in total. The molecule has 0 aliphatic carbocycles. The standard InChI is InChI=1S/C73H142O17P2/c1-7-10-12-14-16-17-25-33-39-45-51-57-72(77)89-68(61-83-70(75)55-49-43-35-15-13-11-8-2)63-87-91(79,80)85-59-67(74)60-86-92(81,82)88-64-69(62-84-71(76)56-50-44-38-32-28-24-20-21-26-30-36-41-47-53-65(4)5)90-73(78)58-52-46-40-34-29-23-19-18-22-27-31-37-42-48-54-66(6)9-3/h65-69,74H,7-64H2,1-6H3,(H,79,80)(H,81,82)/t66?,67-,68+,69+/m0/s1. The first kappa shape index (κ1) is 90.1. The molecule has 6 atom stereocenters. The molecule has 0 saturated carbocycles. The fourth-order valence-corrected chi connectivity index (χ4v) is 12.7. The highest BCUT2D eigenvalue weighted by molar-refractivity contribution is 7.47. The molecule has 0 spiro atoms. The summed E-state index contributed by atoms with van der Waals surface area (Å²) in [5.74, 6) is -0.486. The highest BCUT2D eigenvalue weighted by Gasteiger charge is 2.30. The molecular formula is C73H142O17P2. The highest BCUT2D eigenvalue weighted by Crippen LogP contribution is 2.45. The van der Waals surface area contributed by atoms with Crippen molar-refractivity contribution < 1.29 is 80.2 Å². The van der Waals surface area contributed by atoms with Crippen molar-refractivity contribution in [2.45, 2.75) is 394 Å². The summed E-state index contributed by atoms with van der Waals surface area (Å²) in [6, 6.07) is 0. The molecule has 3 unspecified atom stereocenters. The quantitative estimate of drug-likeness (QED) is 0.0222. The van der Waals surface area contributed by atoms with Gasteiger partial charge in [0, 0.05) is 25.7 Å². The average molecular weight is 1350 g/mol. The fraction of sp³-hybridized carbons (Fsp3) is 0.945. The van der Waals surface area contributed by atoms with Gasteiger partial charge >= 0.3 is 39.5 Å². The lowest BCUT2D eigenvalue weighted by atomic mass is 9.99. The second-order valence-corrected chi connectivity index (χ2v) is 30.0. The van der Waals surface area contributed by atoms with Gasteiger partial charge in [0.05, 0.1) is 26.4 Å². The minimum Gasteiger partial charge on any atom is -0.462 e. The second-order valence-electron chi connectivity index (χ2n) is 27.1. The van der Waals surface area contributed by atoms with Crippen molar-refractivity contribution >= 4 is 39.5 Å². The number of aliphatic hydroxyl groups excluding tert-OH is 1. The maximum atomic E-state index is 13.1. The lowest BCUT2D eigenvalue weighted by molar-refractivity contribution is -0.161. The van der Waals surface area contributed by atoms with Gasteiger partial charge in [-0.1, -0.05) is 324 Å². The first-order valence-corrected chi connectivity index (χ1v) is 41.0. The van der Waals surface area contributed by atoms with E-state index in [1.54, 1.807) is 0 Å². The smallest absolute Gasteiger partial charge is 0.462 e. The Morgan fingerprint density at radius 3 is 0.826 bits per heavy atom. The van der Waals surface area contributed by atoms with E-state index in [1.165, 1.54) is 180 Å². The molecule has 0 heterocycles. The molecule has 0 saturated heterocycles. The number of phosphoric acid groups is 2. The number of aliphatic hydroxyl groups is 1. The molecule has 546 valence electrons. The summed E-state index contributed by atoms with van der Waals surface area (Å²) in [4.78, 5) is 72.5. The predicted octanol–water partition coefficient (Wildman–Crippen LogP) is 21.2. The van der Waals surface area contributed by atoms with Crippen LogP contribution in [0.25, 0.3) is 0 Å². The van der Waals surface area contributed by atoms with E-state index in [2.05, 4.69) is 41.5 Å². The summed E-state index contributed by atoms with van der Waals surface area (Å²) in [6.45, 7) is 9.60. The molecular weight excluding hydrogens is 1210 g/mol. The van der Waals surface area contributed by atoms with Crippen molar-refractivity contribution in [3.05, 3.63) is 0 Å². The maximum Gasteiger partial charge on any atom is 0.472 e. The van der Waals surface area contributed by atoms with Gasteiger partial charge in [-0.15, -0.1) is 0 Å². The topological polar surface area (TPSA) is 237 Å². The number of hydrogen-bond acceptors (Lipinski definition) is 15. The largest absolute Gasteiger partial charge is 0.472 e. The Hall–Kier alpha value is -1.94. The Labute approximate surface area is 562 Å². The van der Waals surface area contributed by atoms with Crippen LogP contribution in [-0.4, -0.2) is 96.7 Å². The lowest BCUT2D eigenvalue weighted by Crippen LogP contribution is -2.30. The van der Waals surface area contributed by atoms with Crippen LogP contribution in [0, 0.1) is 11.8 Å². The van der Waals surface area contributed by atoms with Gasteiger partial charge in [0.15, 0.2) is 12.2 Å². The molecule has 0 rings (SSSR count). The van der Waals surface area contributed by atoms with Gasteiger partial charge in [-0.2, -0.15) is 0 Å². The normalized spacial score (nSPS) is 14.4. The molecule has 0 aromatic heterocycles. The molecule has 0 aliphatic heterocycles. The zero-order chi connectivity index (χ0) is 67.9. The highest BCUT2D eigenvalue weighted by atomic mass is 31.2. The van der Waals surface area contributed by atoms with E-state index in [4.69, 9.17) is 37.0 Å². The van der Waals surface area contributed by atoms with Gasteiger partial charge in [-0.05, 0) is 37.5 Å². The second kappa shape index (κ2) is 65.0. The van der Waals surface area contributed by atoms with E-state index in [0.717, 1.165) is 115 Å². The summed E-state index contributed by atoms with van der Waals surface area (Å²) in [6.07, 6.45) is 51.3. The minimum absolute atomic E-state index is 0.107. The van der Waals surface area contributed by atoms with Crippen molar-refractivity contribution in [3.8, 4) is 0 Å². The van der Waals surface area contributed by atoms with Crippen LogP contribution in [0.4, 0.5) is 0 Å². The predicted molar refractivity (Wildman–Crippen MR) is 372 cm³/mol. The van der Waals surface area contributed by atoms with E-state index in [1.807, 2.05) is 0 Å². The monoisotopic (exact) mass is 1350 g/mol. The molecule has 0 fully saturated rings. The fourth-order valence-electron chi connectivity index (χ4n) is 11.1. The number of hydrogen-bond donors (Lipinski definition) is 3. The van der Waals surface area contributed by atoms with Gasteiger partial charge in [0.25, 0.3) is 0 Å². The Balaban J connectivity index is 5.20. The van der Waals surface area contributed by atoms with Gasteiger partial charge < -0.3 is 33.8 Å². The van der Waals surface area contributed by atoms with Crippen LogP contribution < -0.4 is 0 Å². The summed E-state index contributed by atoms with van der Waals surface area (Å²) in [7, 11) is -9.90. The lowest BCUT2D eigenvalue weighted by Gasteiger charge is -2.21. The van der Waals surface area contributed by atoms with Crippen molar-refractivity contribution in [1.29, 1.82) is 0 Å². The van der Waals surface area contributed by atoms with E-state index >= 15 is 0 Å². The van der Waals surface area contributed by atoms with Crippen LogP contribution in [0.5, 0.6) is 0 Å². The van der Waals surface area contributed by atoms with Crippen LogP contribution in [0.2, 0.25) is 0 Å². The minimum atomic E-state index is -4.95. The van der Waals surface area contributed by atoms with Gasteiger partial charge in [-0.3, -0.25) is 37.3 Å². The number of phosphoric ester groups is 2. The summed E-state index contributed by atoms with van der Waals surface area (Å²) in [5.41, 5.74) is 0. The number of carbonyl (C=O) groups is 4. The Bertz CT molecular complexity index is 1790. The molecule has 0 bridgehead atoms. The molecule has 0 aliphatic rings. The van der Waals surface area contributed by atoms with Gasteiger partial charge in [0.1, 0.15) is 19.3 Å². The number of carbonyl (C=O) groups excluding carboxylic acids is 4. The summed E-state index contributed by atoms with van der Waals surface area (Å²) in [5, 5.41) is 10.6. The SMILES string of the molecule is CCCCCCCCCCCCCC(=O)O[C@H](COC(=O)CCCCCCCCC)COP(=O)(O)OC[C@H](O)COP(=O)(O)OC[C@@H](COC(=O)CCCCCCCCCCCCCCCC(C)C)OC(=O)CCCCCCCCCCCCCCCCC(C)CC. The third kappa shape index (κ3) is 65.4. The van der Waals surface area contributed by atoms with Crippen molar-refractivity contribution in [3.63, 3.8) is 0 Å². The van der Waals surface area contributed by atoms with Crippen LogP contribution in [-0.2, 0) is 65.4 Å². The molecule has 0 amide bonds. The molecule has 0 aromatic rings. The number of ether oxygens (including phenoxy) is 4. The molecule has 0 radical (unpaired) electrons. The molecule has 19 heteroatoms. The van der Waals surface area contributed by atoms with Crippen LogP contribution in [0.3, 0.4) is 0 Å². The zero-order valence-corrected chi connectivity index (χ0v) is 61.6. The first-order valence-electron chi connectivity index (χ1n) is 38.0. The van der Waals surface area contributed by atoms with Crippen LogP contribution in [0.1, 0.15) is 375 Å². The number of esters is 4. The van der Waals surface area contributed by atoms with Crippen molar-refractivity contribution in [1.82, 2.24) is 0 Å². The first-order chi connectivity index (χ1) is 44.4. The van der Waals surface area contributed by atoms with Crippen LogP contribution >= 0.6 is 15.6 Å². The van der Waals surface area contributed by atoms with Gasteiger partial charge in [-0.25, -0.2) is 9.13 Å². The molecule has 0 aromatic carbocycles. The van der Waals surface area contributed by atoms with Gasteiger partial charge in [0.2, 0.25) is 0 Å². The van der Waals surface area contributed by atoms with Crippen LogP contribution in [0.15, 0.2) is 0 Å². The summed E-state index contributed by atoms with van der Waals surface area (Å²) < 4.78 is 68.3. The third-order valence-corrected chi connectivity index (χ3v) is 19.2. The van der Waals surface area contributed by atoms with Crippen molar-refractivity contribution in [2.75, 3.05) is 39.6 Å². The zero-order valence-electron chi connectivity index (χ0n) is 59.9. The maximum absolute atomic E-state index is 13.1. The van der Waals surface area contributed by atoms with E-state index < -0.39 is 97.5 Å². The summed E-state index contributed by atoms with van der Waals surface area (Å²) >= 11 is 0. The van der Waals surface area contributed by atoms with E-state index in [0.29, 0.717) is 25.7 Å². The van der Waals surface area contributed by atoms with E-state index in [9.17, 15) is 43.2 Å². The van der Waals surface area contributed by atoms with E-state index in [-0.39, 0.29) is 25.7 Å². The van der Waals surface area contributed by atoms with Crippen molar-refractivity contribution in [2.24, 2.45) is 11.8 Å². The molecule has 92 heavy (non-hydrogen) atoms. The average Bonchev–Trinajstić information content (AvgIpc) is 2.05. The Kier molecular flexibility index (Phi) is 63.7.